The van der Waals surface area contributed by atoms with Gasteiger partial charge >= 0.3 is 11.9 Å². The van der Waals surface area contributed by atoms with Crippen LogP contribution in [0.1, 0.15) is 11.1 Å². The minimum atomic E-state index is -1.82. The smallest absolute Gasteiger partial charge is 0.414 e. The molecular formula is C18H17ClN4O4. The van der Waals surface area contributed by atoms with Gasteiger partial charge in [0.05, 0.1) is 11.9 Å². The SMILES string of the molecule is Clc1ccc(-c2[nH]ncc2CNCc2cccnc2)cc1.O=C(O)C(=O)O. The van der Waals surface area contributed by atoms with Crippen LogP contribution in [0.25, 0.3) is 11.3 Å². The largest absolute Gasteiger partial charge is 0.473 e. The van der Waals surface area contributed by atoms with Gasteiger partial charge < -0.3 is 15.5 Å². The Morgan fingerprint density at radius 2 is 1.74 bits per heavy atom. The molecule has 140 valence electrons. The first kappa shape index (κ1) is 20.1. The predicted octanol–water partition coefficient (Wildman–Crippen LogP) is 2.57. The van der Waals surface area contributed by atoms with E-state index in [4.69, 9.17) is 31.4 Å². The summed E-state index contributed by atoms with van der Waals surface area (Å²) < 4.78 is 0. The third-order valence-corrected chi connectivity index (χ3v) is 3.65. The molecular weight excluding hydrogens is 372 g/mol. The van der Waals surface area contributed by atoms with Crippen molar-refractivity contribution >= 4 is 23.5 Å². The van der Waals surface area contributed by atoms with Crippen LogP contribution in [-0.2, 0) is 22.7 Å². The Hall–Kier alpha value is -3.23. The van der Waals surface area contributed by atoms with Crippen LogP contribution >= 0.6 is 11.6 Å². The van der Waals surface area contributed by atoms with Crippen molar-refractivity contribution in [3.63, 3.8) is 0 Å². The molecule has 3 aromatic rings. The Morgan fingerprint density at radius 1 is 1.04 bits per heavy atom. The lowest BCUT2D eigenvalue weighted by atomic mass is 10.1. The van der Waals surface area contributed by atoms with Crippen LogP contribution in [0.5, 0.6) is 0 Å². The van der Waals surface area contributed by atoms with Crippen LogP contribution < -0.4 is 5.32 Å². The molecule has 0 unspecified atom stereocenters. The highest BCUT2D eigenvalue weighted by Gasteiger charge is 2.07. The Kier molecular flexibility index (Phi) is 7.48. The Labute approximate surface area is 159 Å². The number of carboxylic acids is 2. The molecule has 0 radical (unpaired) electrons. The maximum absolute atomic E-state index is 9.10. The molecule has 3 rings (SSSR count). The highest BCUT2D eigenvalue weighted by molar-refractivity contribution is 6.30. The van der Waals surface area contributed by atoms with E-state index in [9.17, 15) is 0 Å². The average Bonchev–Trinajstić information content (AvgIpc) is 3.12. The van der Waals surface area contributed by atoms with Gasteiger partial charge in [-0.3, -0.25) is 10.1 Å². The Bertz CT molecular complexity index is 870. The monoisotopic (exact) mass is 388 g/mol. The number of pyridine rings is 1. The number of carbonyl (C=O) groups is 2. The third kappa shape index (κ3) is 6.53. The summed E-state index contributed by atoms with van der Waals surface area (Å²) in [6.07, 6.45) is 5.49. The third-order valence-electron chi connectivity index (χ3n) is 3.40. The molecule has 0 saturated carbocycles. The molecule has 2 heterocycles. The van der Waals surface area contributed by atoms with Gasteiger partial charge in [-0.25, -0.2) is 9.59 Å². The van der Waals surface area contributed by atoms with Crippen molar-refractivity contribution in [3.8, 4) is 11.3 Å². The number of nitrogens with one attached hydrogen (secondary N) is 2. The van der Waals surface area contributed by atoms with Crippen LogP contribution in [0.15, 0.2) is 55.0 Å². The topological polar surface area (TPSA) is 128 Å². The van der Waals surface area contributed by atoms with Crippen molar-refractivity contribution in [1.29, 1.82) is 0 Å². The summed E-state index contributed by atoms with van der Waals surface area (Å²) in [5.41, 5.74) is 4.38. The normalized spacial score (nSPS) is 9.96. The van der Waals surface area contributed by atoms with Gasteiger partial charge in [-0.2, -0.15) is 5.10 Å². The van der Waals surface area contributed by atoms with Gasteiger partial charge in [0.25, 0.3) is 0 Å². The maximum Gasteiger partial charge on any atom is 0.414 e. The summed E-state index contributed by atoms with van der Waals surface area (Å²) in [7, 11) is 0. The van der Waals surface area contributed by atoms with Gasteiger partial charge in [0, 0.05) is 36.1 Å². The summed E-state index contributed by atoms with van der Waals surface area (Å²) >= 11 is 5.92. The minimum absolute atomic E-state index is 0.731. The van der Waals surface area contributed by atoms with Gasteiger partial charge in [-0.15, -0.1) is 0 Å². The van der Waals surface area contributed by atoms with Crippen LogP contribution in [0.4, 0.5) is 0 Å². The van der Waals surface area contributed by atoms with Crippen molar-refractivity contribution in [2.75, 3.05) is 0 Å². The quantitative estimate of drug-likeness (QED) is 0.494. The predicted molar refractivity (Wildman–Crippen MR) is 99.1 cm³/mol. The first-order chi connectivity index (χ1) is 13.0. The van der Waals surface area contributed by atoms with E-state index >= 15 is 0 Å². The van der Waals surface area contributed by atoms with Gasteiger partial charge in [-0.05, 0) is 29.3 Å². The molecule has 0 aliphatic carbocycles. The number of nitrogens with zero attached hydrogens (tertiary/aromatic N) is 2. The number of carboxylic acid groups (broad SMARTS) is 2. The molecule has 0 aliphatic rings. The molecule has 0 amide bonds. The summed E-state index contributed by atoms with van der Waals surface area (Å²) in [4.78, 5) is 22.3. The van der Waals surface area contributed by atoms with Gasteiger partial charge in [-0.1, -0.05) is 29.8 Å². The van der Waals surface area contributed by atoms with Crippen molar-refractivity contribution in [1.82, 2.24) is 20.5 Å². The molecule has 0 spiro atoms. The molecule has 9 heteroatoms. The van der Waals surface area contributed by atoms with E-state index in [2.05, 4.69) is 26.6 Å². The number of aliphatic carboxylic acids is 2. The lowest BCUT2D eigenvalue weighted by molar-refractivity contribution is -0.159. The first-order valence-electron chi connectivity index (χ1n) is 7.81. The number of aromatic nitrogens is 3. The van der Waals surface area contributed by atoms with Crippen LogP contribution in [-0.4, -0.2) is 37.3 Å². The van der Waals surface area contributed by atoms with E-state index in [1.165, 1.54) is 0 Å². The van der Waals surface area contributed by atoms with Crippen molar-refractivity contribution in [2.45, 2.75) is 13.1 Å². The molecule has 4 N–H and O–H groups in total. The van der Waals surface area contributed by atoms with E-state index in [0.29, 0.717) is 0 Å². The van der Waals surface area contributed by atoms with E-state index in [1.54, 1.807) is 6.20 Å². The summed E-state index contributed by atoms with van der Waals surface area (Å²) in [6.45, 7) is 1.52. The molecule has 0 fully saturated rings. The number of halogens is 1. The zero-order valence-electron chi connectivity index (χ0n) is 14.1. The van der Waals surface area contributed by atoms with Gasteiger partial charge in [0.2, 0.25) is 0 Å². The lowest BCUT2D eigenvalue weighted by Crippen LogP contribution is -2.12. The van der Waals surface area contributed by atoms with E-state index < -0.39 is 11.9 Å². The number of hydrogen-bond donors (Lipinski definition) is 4. The number of rotatable bonds is 5. The summed E-state index contributed by atoms with van der Waals surface area (Å²) in [5.74, 6) is -3.65. The highest BCUT2D eigenvalue weighted by Crippen LogP contribution is 2.22. The minimum Gasteiger partial charge on any atom is -0.473 e. The van der Waals surface area contributed by atoms with Crippen molar-refractivity contribution in [3.05, 3.63) is 71.1 Å². The van der Waals surface area contributed by atoms with Crippen molar-refractivity contribution in [2.24, 2.45) is 0 Å². The Morgan fingerprint density at radius 3 is 2.33 bits per heavy atom. The fourth-order valence-corrected chi connectivity index (χ4v) is 2.28. The molecule has 27 heavy (non-hydrogen) atoms. The molecule has 0 atom stereocenters. The number of benzene rings is 1. The first-order valence-corrected chi connectivity index (χ1v) is 8.19. The molecule has 1 aromatic carbocycles. The molecule has 0 bridgehead atoms. The molecule has 2 aromatic heterocycles. The van der Waals surface area contributed by atoms with Gasteiger partial charge in [0.1, 0.15) is 0 Å². The second kappa shape index (κ2) is 10.0. The fraction of sp³-hybridized carbons (Fsp3) is 0.111. The lowest BCUT2D eigenvalue weighted by Gasteiger charge is -2.06. The van der Waals surface area contributed by atoms with Crippen LogP contribution in [0.3, 0.4) is 0 Å². The van der Waals surface area contributed by atoms with Gasteiger partial charge in [0.15, 0.2) is 0 Å². The molecule has 8 nitrogen and oxygen atoms in total. The number of hydrogen-bond acceptors (Lipinski definition) is 5. The highest BCUT2D eigenvalue weighted by atomic mass is 35.5. The second-order valence-corrected chi connectivity index (χ2v) is 5.79. The number of aromatic amines is 1. The van der Waals surface area contributed by atoms with Crippen molar-refractivity contribution < 1.29 is 19.8 Å². The summed E-state index contributed by atoms with van der Waals surface area (Å²) in [5, 5.41) is 26.1. The summed E-state index contributed by atoms with van der Waals surface area (Å²) in [6, 6.07) is 11.7. The average molecular weight is 389 g/mol. The zero-order valence-corrected chi connectivity index (χ0v) is 14.8. The molecule has 0 aliphatic heterocycles. The zero-order chi connectivity index (χ0) is 19.6. The maximum atomic E-state index is 9.10. The second-order valence-electron chi connectivity index (χ2n) is 5.35. The van der Waals surface area contributed by atoms with E-state index in [-0.39, 0.29) is 0 Å². The fourth-order valence-electron chi connectivity index (χ4n) is 2.16. The standard InChI is InChI=1S/C16H15ClN4.C2H2O4/c17-15-5-3-13(4-6-15)16-14(11-20-21-16)10-19-9-12-2-1-7-18-8-12;3-1(4)2(5)6/h1-8,11,19H,9-10H2,(H,20,21);(H,3,4)(H,5,6). The number of H-pyrrole nitrogens is 1. The van der Waals surface area contributed by atoms with Crippen LogP contribution in [0.2, 0.25) is 5.02 Å². The van der Waals surface area contributed by atoms with E-state index in [0.717, 1.165) is 40.5 Å². The van der Waals surface area contributed by atoms with E-state index in [1.807, 2.05) is 42.7 Å². The molecule has 0 saturated heterocycles. The van der Waals surface area contributed by atoms with Crippen LogP contribution in [0, 0.1) is 0 Å². The Balaban J connectivity index is 0.000000380.